The summed E-state index contributed by atoms with van der Waals surface area (Å²) in [5, 5.41) is 22.3. The van der Waals surface area contributed by atoms with Crippen LogP contribution in [0.25, 0.3) is 0 Å². The monoisotopic (exact) mass is 467 g/mol. The van der Waals surface area contributed by atoms with Gasteiger partial charge in [-0.05, 0) is 41.3 Å². The molecule has 1 heterocycles. The van der Waals surface area contributed by atoms with Crippen LogP contribution < -0.4 is 10.6 Å². The molecule has 3 aromatic rings. The molecular formula is C22H21N5O3S2. The van der Waals surface area contributed by atoms with Crippen LogP contribution in [-0.2, 0) is 10.2 Å². The Hall–Kier alpha value is -3.42. The minimum Gasteiger partial charge on any atom is -0.451 e. The predicted molar refractivity (Wildman–Crippen MR) is 125 cm³/mol. The number of thioether (sulfide) groups is 1. The van der Waals surface area contributed by atoms with Crippen molar-refractivity contribution in [2.75, 3.05) is 16.6 Å². The number of hydrogen-bond acceptors (Lipinski definition) is 8. The Bertz CT molecular complexity index is 1160. The molecule has 1 aromatic heterocycles. The lowest BCUT2D eigenvalue weighted by molar-refractivity contribution is 0.0579. The Morgan fingerprint density at radius 3 is 2.66 bits per heavy atom. The third kappa shape index (κ3) is 6.54. The second-order valence-electron chi connectivity index (χ2n) is 7.67. The van der Waals surface area contributed by atoms with E-state index in [0.717, 1.165) is 16.9 Å². The molecule has 10 heteroatoms. The zero-order chi connectivity index (χ0) is 23.1. The van der Waals surface area contributed by atoms with Crippen molar-refractivity contribution in [3.05, 3.63) is 65.2 Å². The SMILES string of the molecule is CC(C)(C)c1cccc(C(=O)OCSc2nnc(NC(=O)Nc3cccc(C#N)c3)s2)c1. The highest BCUT2D eigenvalue weighted by Gasteiger charge is 2.16. The first-order valence-corrected chi connectivity index (χ1v) is 11.4. The lowest BCUT2D eigenvalue weighted by Gasteiger charge is -2.19. The number of rotatable bonds is 6. The molecule has 0 saturated heterocycles. The number of esters is 1. The van der Waals surface area contributed by atoms with Gasteiger partial charge in [0.05, 0.1) is 17.2 Å². The van der Waals surface area contributed by atoms with Crippen LogP contribution in [0, 0.1) is 11.3 Å². The summed E-state index contributed by atoms with van der Waals surface area (Å²) in [6.45, 7) is 6.24. The van der Waals surface area contributed by atoms with Crippen molar-refractivity contribution < 1.29 is 14.3 Å². The summed E-state index contributed by atoms with van der Waals surface area (Å²) in [6.07, 6.45) is 0. The number of hydrogen-bond donors (Lipinski definition) is 2. The van der Waals surface area contributed by atoms with Gasteiger partial charge in [0.15, 0.2) is 4.34 Å². The largest absolute Gasteiger partial charge is 0.451 e. The Balaban J connectivity index is 1.48. The molecule has 0 fully saturated rings. The predicted octanol–water partition coefficient (Wildman–Crippen LogP) is 5.26. The molecular weight excluding hydrogens is 446 g/mol. The summed E-state index contributed by atoms with van der Waals surface area (Å²) < 4.78 is 5.87. The zero-order valence-electron chi connectivity index (χ0n) is 17.7. The van der Waals surface area contributed by atoms with Crippen molar-refractivity contribution in [3.8, 4) is 6.07 Å². The van der Waals surface area contributed by atoms with E-state index in [4.69, 9.17) is 10.00 Å². The van der Waals surface area contributed by atoms with E-state index < -0.39 is 12.0 Å². The number of ether oxygens (including phenoxy) is 1. The van der Waals surface area contributed by atoms with Gasteiger partial charge < -0.3 is 10.1 Å². The highest BCUT2D eigenvalue weighted by atomic mass is 32.2. The van der Waals surface area contributed by atoms with Crippen LogP contribution in [0.1, 0.15) is 42.3 Å². The first-order chi connectivity index (χ1) is 15.2. The fraction of sp³-hybridized carbons (Fsp3) is 0.227. The molecule has 0 atom stereocenters. The number of anilines is 2. The van der Waals surface area contributed by atoms with Gasteiger partial charge in [-0.1, -0.05) is 62.1 Å². The number of aromatic nitrogens is 2. The van der Waals surface area contributed by atoms with E-state index in [-0.39, 0.29) is 11.4 Å². The average Bonchev–Trinajstić information content (AvgIpc) is 3.20. The molecule has 0 spiro atoms. The Morgan fingerprint density at radius 1 is 1.12 bits per heavy atom. The van der Waals surface area contributed by atoms with Gasteiger partial charge in [0.2, 0.25) is 5.13 Å². The Labute approximate surface area is 194 Å². The third-order valence-corrected chi connectivity index (χ3v) is 6.01. The molecule has 0 aliphatic carbocycles. The van der Waals surface area contributed by atoms with Gasteiger partial charge in [0.1, 0.15) is 5.94 Å². The number of urea groups is 1. The molecule has 2 N–H and O–H groups in total. The van der Waals surface area contributed by atoms with Crippen molar-refractivity contribution in [1.29, 1.82) is 5.26 Å². The van der Waals surface area contributed by atoms with Crippen molar-refractivity contribution in [2.45, 2.75) is 30.5 Å². The maximum absolute atomic E-state index is 12.3. The standard InChI is InChI=1S/C22H21N5O3S2/c1-22(2,3)16-8-5-7-15(11-16)18(28)30-13-31-21-27-26-20(32-21)25-19(29)24-17-9-4-6-14(10-17)12-23/h4-11H,13H2,1-3H3,(H2,24,25,26,29). The molecule has 32 heavy (non-hydrogen) atoms. The molecule has 3 rings (SSSR count). The molecule has 0 aliphatic rings. The van der Waals surface area contributed by atoms with Gasteiger partial charge in [-0.3, -0.25) is 5.32 Å². The molecule has 2 aromatic carbocycles. The lowest BCUT2D eigenvalue weighted by atomic mass is 9.86. The number of nitrogens with one attached hydrogen (secondary N) is 2. The minimum atomic E-state index is -0.502. The van der Waals surface area contributed by atoms with E-state index in [1.54, 1.807) is 30.3 Å². The van der Waals surface area contributed by atoms with Crippen LogP contribution in [0.2, 0.25) is 0 Å². The summed E-state index contributed by atoms with van der Waals surface area (Å²) in [5.41, 5.74) is 2.42. The fourth-order valence-corrected chi connectivity index (χ4v) is 4.03. The van der Waals surface area contributed by atoms with E-state index in [9.17, 15) is 9.59 Å². The second kappa shape index (κ2) is 10.3. The van der Waals surface area contributed by atoms with Crippen LogP contribution in [-0.4, -0.2) is 28.1 Å². The van der Waals surface area contributed by atoms with Gasteiger partial charge in [0, 0.05) is 5.69 Å². The molecule has 0 unspecified atom stereocenters. The second-order valence-corrected chi connectivity index (χ2v) is 9.82. The van der Waals surface area contributed by atoms with Crippen molar-refractivity contribution >= 4 is 45.9 Å². The number of nitriles is 1. The Morgan fingerprint density at radius 2 is 1.91 bits per heavy atom. The highest BCUT2D eigenvalue weighted by molar-refractivity contribution is 8.00. The quantitative estimate of drug-likeness (QED) is 0.220. The van der Waals surface area contributed by atoms with E-state index in [2.05, 4.69) is 41.6 Å². The molecule has 164 valence electrons. The Kier molecular flexibility index (Phi) is 7.45. The van der Waals surface area contributed by atoms with E-state index >= 15 is 0 Å². The van der Waals surface area contributed by atoms with E-state index in [1.165, 1.54) is 11.8 Å². The topological polar surface area (TPSA) is 117 Å². The van der Waals surface area contributed by atoms with Crippen molar-refractivity contribution in [2.24, 2.45) is 0 Å². The zero-order valence-corrected chi connectivity index (χ0v) is 19.3. The van der Waals surface area contributed by atoms with Crippen molar-refractivity contribution in [3.63, 3.8) is 0 Å². The fourth-order valence-electron chi connectivity index (χ4n) is 2.57. The molecule has 0 saturated carbocycles. The van der Waals surface area contributed by atoms with Gasteiger partial charge in [0.25, 0.3) is 0 Å². The highest BCUT2D eigenvalue weighted by Crippen LogP contribution is 2.27. The van der Waals surface area contributed by atoms with Gasteiger partial charge in [-0.25, -0.2) is 9.59 Å². The molecule has 0 aliphatic heterocycles. The normalized spacial score (nSPS) is 10.8. The summed E-state index contributed by atoms with van der Waals surface area (Å²) in [5.74, 6) is -0.342. The maximum Gasteiger partial charge on any atom is 0.338 e. The van der Waals surface area contributed by atoms with Gasteiger partial charge >= 0.3 is 12.0 Å². The molecule has 0 radical (unpaired) electrons. The van der Waals surface area contributed by atoms with Gasteiger partial charge in [-0.2, -0.15) is 5.26 Å². The first kappa shape index (κ1) is 23.2. The van der Waals surface area contributed by atoms with E-state index in [0.29, 0.717) is 26.3 Å². The summed E-state index contributed by atoms with van der Waals surface area (Å²) in [4.78, 5) is 24.4. The first-order valence-electron chi connectivity index (χ1n) is 9.57. The van der Waals surface area contributed by atoms with E-state index in [1.807, 2.05) is 24.3 Å². The average molecular weight is 468 g/mol. The third-order valence-electron chi connectivity index (χ3n) is 4.21. The smallest absolute Gasteiger partial charge is 0.338 e. The number of carbonyl (C=O) groups excluding carboxylic acids is 2. The minimum absolute atomic E-state index is 0.0637. The number of amides is 2. The molecule has 2 amide bonds. The number of nitrogens with zero attached hydrogens (tertiary/aromatic N) is 3. The van der Waals surface area contributed by atoms with Crippen molar-refractivity contribution in [1.82, 2.24) is 10.2 Å². The molecule has 8 nitrogen and oxygen atoms in total. The maximum atomic E-state index is 12.3. The van der Waals surface area contributed by atoms with Crippen LogP contribution in [0.4, 0.5) is 15.6 Å². The van der Waals surface area contributed by atoms with Crippen LogP contribution in [0.5, 0.6) is 0 Å². The van der Waals surface area contributed by atoms with Crippen LogP contribution in [0.3, 0.4) is 0 Å². The summed E-state index contributed by atoms with van der Waals surface area (Å²) in [6, 6.07) is 15.4. The van der Waals surface area contributed by atoms with Crippen LogP contribution >= 0.6 is 23.1 Å². The molecule has 0 bridgehead atoms. The summed E-state index contributed by atoms with van der Waals surface area (Å²) in [7, 11) is 0. The van der Waals surface area contributed by atoms with Gasteiger partial charge in [-0.15, -0.1) is 10.2 Å². The summed E-state index contributed by atoms with van der Waals surface area (Å²) >= 11 is 2.36. The number of benzene rings is 2. The lowest BCUT2D eigenvalue weighted by Crippen LogP contribution is -2.19. The van der Waals surface area contributed by atoms with Crippen LogP contribution in [0.15, 0.2) is 52.9 Å². The number of carbonyl (C=O) groups is 2.